The van der Waals surface area contributed by atoms with Crippen molar-refractivity contribution in [1.82, 2.24) is 30.0 Å². The van der Waals surface area contributed by atoms with Crippen LogP contribution in [0.15, 0.2) is 48.5 Å². The number of ether oxygens (including phenoxy) is 2. The molecule has 13 heteroatoms. The molecule has 1 aliphatic carbocycles. The number of halogens is 2. The number of likely N-dealkylation sites (N-methyl/N-ethyl adjacent to an activating group) is 1. The summed E-state index contributed by atoms with van der Waals surface area (Å²) in [5.74, 6) is 1.35. The molecule has 4 heterocycles. The molecule has 11 nitrogen and oxygen atoms in total. The highest BCUT2D eigenvalue weighted by atomic mass is 35.5. The summed E-state index contributed by atoms with van der Waals surface area (Å²) in [4.78, 5) is 34.2. The maximum absolute atomic E-state index is 13.4. The van der Waals surface area contributed by atoms with E-state index in [4.69, 9.17) is 32.7 Å². The Morgan fingerprint density at radius 2 is 1.88 bits per heavy atom. The van der Waals surface area contributed by atoms with Crippen LogP contribution < -0.4 is 25.4 Å². The Balaban J connectivity index is 0.993. The largest absolute Gasteiger partial charge is 0.496 e. The third-order valence-electron chi connectivity index (χ3n) is 10.4. The van der Waals surface area contributed by atoms with E-state index in [2.05, 4.69) is 49.9 Å². The first-order chi connectivity index (χ1) is 24.1. The summed E-state index contributed by atoms with van der Waals surface area (Å²) >= 11 is 13.8. The number of methoxy groups -OCH3 is 1. The molecule has 3 N–H and O–H groups in total. The topological polar surface area (TPSA) is 113 Å². The summed E-state index contributed by atoms with van der Waals surface area (Å²) in [6, 6.07) is 15.5. The molecule has 8 rings (SSSR count). The van der Waals surface area contributed by atoms with Crippen LogP contribution in [0.5, 0.6) is 11.5 Å². The van der Waals surface area contributed by atoms with Gasteiger partial charge < -0.3 is 34.9 Å². The van der Waals surface area contributed by atoms with E-state index in [0.29, 0.717) is 46.1 Å². The molecule has 0 bridgehead atoms. The van der Waals surface area contributed by atoms with Crippen molar-refractivity contribution in [3.63, 3.8) is 0 Å². The smallest absolute Gasteiger partial charge is 0.315 e. The molecule has 3 aliphatic heterocycles. The van der Waals surface area contributed by atoms with Crippen LogP contribution in [0.1, 0.15) is 51.2 Å². The van der Waals surface area contributed by atoms with E-state index in [0.717, 1.165) is 84.6 Å². The number of hydrogen-bond acceptors (Lipinski definition) is 7. The highest BCUT2D eigenvalue weighted by molar-refractivity contribution is 6.36. The van der Waals surface area contributed by atoms with Gasteiger partial charge in [-0.15, -0.1) is 0 Å². The number of likely N-dealkylation sites (tertiary alicyclic amines) is 1. The molecule has 1 unspecified atom stereocenters. The van der Waals surface area contributed by atoms with E-state index in [9.17, 15) is 9.59 Å². The number of anilines is 1. The normalized spacial score (nSPS) is 19.4. The first-order valence-corrected chi connectivity index (χ1v) is 17.6. The van der Waals surface area contributed by atoms with E-state index in [1.807, 2.05) is 48.0 Å². The average Bonchev–Trinajstić information content (AvgIpc) is 3.78. The molecule has 3 amide bonds. The molecule has 2 saturated heterocycles. The Bertz CT molecular complexity index is 2030. The number of nitrogens with zero attached hydrogens (tertiary/aromatic N) is 4. The predicted molar refractivity (Wildman–Crippen MR) is 192 cm³/mol. The van der Waals surface area contributed by atoms with Gasteiger partial charge in [0.2, 0.25) is 0 Å². The minimum Gasteiger partial charge on any atom is -0.496 e. The van der Waals surface area contributed by atoms with Crippen LogP contribution in [-0.2, 0) is 33.0 Å². The number of urea groups is 1. The van der Waals surface area contributed by atoms with Crippen molar-refractivity contribution in [3.8, 4) is 22.6 Å². The van der Waals surface area contributed by atoms with Gasteiger partial charge in [0.15, 0.2) is 5.82 Å². The Morgan fingerprint density at radius 1 is 1.08 bits per heavy atom. The number of hydrogen-bond donors (Lipinski definition) is 3. The molecule has 1 aromatic heterocycles. The minimum absolute atomic E-state index is 0.111. The lowest BCUT2D eigenvalue weighted by atomic mass is 9.90. The molecule has 2 fully saturated rings. The van der Waals surface area contributed by atoms with Gasteiger partial charge in [-0.1, -0.05) is 53.5 Å². The van der Waals surface area contributed by atoms with Crippen LogP contribution in [0.4, 0.5) is 10.5 Å². The van der Waals surface area contributed by atoms with Crippen molar-refractivity contribution in [2.75, 3.05) is 45.7 Å². The third kappa shape index (κ3) is 5.85. The fraction of sp³-hybridized carbons (Fsp3) is 0.378. The Kier molecular flexibility index (Phi) is 8.42. The minimum atomic E-state index is -0.290. The van der Waals surface area contributed by atoms with E-state index >= 15 is 0 Å². The fourth-order valence-corrected chi connectivity index (χ4v) is 8.44. The lowest BCUT2D eigenvalue weighted by Crippen LogP contribution is -2.68. The molecule has 260 valence electrons. The van der Waals surface area contributed by atoms with E-state index in [1.54, 1.807) is 7.11 Å². The number of fused-ring (bicyclic) bond motifs is 2. The van der Waals surface area contributed by atoms with Crippen LogP contribution >= 0.6 is 23.2 Å². The quantitative estimate of drug-likeness (QED) is 0.219. The summed E-state index contributed by atoms with van der Waals surface area (Å²) in [5.41, 5.74) is 7.42. The molecule has 4 aromatic rings. The summed E-state index contributed by atoms with van der Waals surface area (Å²) in [5, 5.41) is 9.89. The maximum Gasteiger partial charge on any atom is 0.315 e. The van der Waals surface area contributed by atoms with Crippen LogP contribution in [0.25, 0.3) is 11.1 Å². The van der Waals surface area contributed by atoms with Crippen molar-refractivity contribution < 1.29 is 19.1 Å². The molecule has 1 spiro atoms. The number of carbonyl (C=O) groups excluding carboxylic acids is 2. The zero-order valence-electron chi connectivity index (χ0n) is 28.2. The molecule has 0 radical (unpaired) electrons. The van der Waals surface area contributed by atoms with Crippen molar-refractivity contribution in [3.05, 3.63) is 92.5 Å². The predicted octanol–water partition coefficient (Wildman–Crippen LogP) is 5.58. The summed E-state index contributed by atoms with van der Waals surface area (Å²) in [6.07, 6.45) is 2.22. The van der Waals surface area contributed by atoms with Gasteiger partial charge in [0, 0.05) is 75.6 Å². The standard InChI is InChI=1S/C37H39Cl2N7O4/c1-44-13-12-29-28(17-44)41-34(45(29)2)35(47)42-27-9-5-8-25(33(27)39)22-6-4-7-24-23(22)10-11-30(24)50-32-15-31(49-3)21(14-26(32)38)16-46-19-37(20-46)18-40-36(48)43-37/h4-9,14-15,30H,10-13,16-20H2,1-3H3,(H,42,47)(H2,40,43,48). The van der Waals surface area contributed by atoms with Crippen LogP contribution in [0, 0.1) is 0 Å². The molecule has 1 atom stereocenters. The van der Waals surface area contributed by atoms with Crippen LogP contribution in [0.2, 0.25) is 10.0 Å². The van der Waals surface area contributed by atoms with Gasteiger partial charge in [-0.3, -0.25) is 9.69 Å². The summed E-state index contributed by atoms with van der Waals surface area (Å²) in [6.45, 7) is 4.46. The number of imidazole rings is 1. The Hall–Kier alpha value is -4.29. The maximum atomic E-state index is 13.4. The van der Waals surface area contributed by atoms with Gasteiger partial charge in [0.1, 0.15) is 17.6 Å². The summed E-state index contributed by atoms with van der Waals surface area (Å²) < 4.78 is 14.2. The number of aromatic nitrogens is 2. The van der Waals surface area contributed by atoms with Gasteiger partial charge >= 0.3 is 6.03 Å². The number of benzene rings is 3. The zero-order valence-corrected chi connectivity index (χ0v) is 29.7. The van der Waals surface area contributed by atoms with Crippen molar-refractivity contribution in [2.24, 2.45) is 7.05 Å². The SMILES string of the molecule is COc1cc(OC2CCc3c(-c4cccc(NC(=O)c5nc6c(n5C)CCN(C)C6)c4Cl)cccc32)c(Cl)cc1CN1CC2(CNC(=O)N2)C1. The molecule has 3 aromatic carbocycles. The molecular weight excluding hydrogens is 677 g/mol. The van der Waals surface area contributed by atoms with E-state index in [1.165, 1.54) is 0 Å². The van der Waals surface area contributed by atoms with E-state index in [-0.39, 0.29) is 23.6 Å². The lowest BCUT2D eigenvalue weighted by Gasteiger charge is -2.47. The highest BCUT2D eigenvalue weighted by Gasteiger charge is 2.47. The average molecular weight is 717 g/mol. The van der Waals surface area contributed by atoms with Gasteiger partial charge in [0.05, 0.1) is 34.1 Å². The van der Waals surface area contributed by atoms with Gasteiger partial charge in [0.25, 0.3) is 5.91 Å². The lowest BCUT2D eigenvalue weighted by molar-refractivity contribution is 0.0588. The molecule has 0 saturated carbocycles. The zero-order chi connectivity index (χ0) is 34.7. The molecule has 50 heavy (non-hydrogen) atoms. The van der Waals surface area contributed by atoms with Crippen LogP contribution in [0.3, 0.4) is 0 Å². The number of amides is 3. The monoisotopic (exact) mass is 715 g/mol. The number of carbonyl (C=O) groups is 2. The van der Waals surface area contributed by atoms with E-state index < -0.39 is 0 Å². The second kappa shape index (κ2) is 12.8. The molecular formula is C37H39Cl2N7O4. The number of nitrogens with one attached hydrogen (secondary N) is 3. The second-order valence-electron chi connectivity index (χ2n) is 13.8. The van der Waals surface area contributed by atoms with Crippen molar-refractivity contribution in [1.29, 1.82) is 0 Å². The highest BCUT2D eigenvalue weighted by Crippen LogP contribution is 2.45. The second-order valence-corrected chi connectivity index (χ2v) is 14.6. The Labute approximate surface area is 300 Å². The van der Waals surface area contributed by atoms with Gasteiger partial charge in [-0.05, 0) is 48.7 Å². The Morgan fingerprint density at radius 3 is 2.66 bits per heavy atom. The van der Waals surface area contributed by atoms with Gasteiger partial charge in [-0.25, -0.2) is 9.78 Å². The van der Waals surface area contributed by atoms with Crippen molar-refractivity contribution >= 4 is 40.8 Å². The first kappa shape index (κ1) is 32.9. The fourth-order valence-electron chi connectivity index (χ4n) is 7.93. The van der Waals surface area contributed by atoms with Crippen molar-refractivity contribution in [2.45, 2.75) is 44.0 Å². The van der Waals surface area contributed by atoms with Crippen LogP contribution in [-0.4, -0.2) is 77.2 Å². The molecule has 4 aliphatic rings. The summed E-state index contributed by atoms with van der Waals surface area (Å²) in [7, 11) is 5.60. The van der Waals surface area contributed by atoms with Gasteiger partial charge in [-0.2, -0.15) is 0 Å². The third-order valence-corrected chi connectivity index (χ3v) is 11.1. The number of rotatable bonds is 8. The first-order valence-electron chi connectivity index (χ1n) is 16.9.